The lowest BCUT2D eigenvalue weighted by atomic mass is 10.2. The fourth-order valence-corrected chi connectivity index (χ4v) is 6.01. The zero-order chi connectivity index (χ0) is 24.2. The maximum Gasteiger partial charge on any atom is 0.270 e. The number of non-ortho nitro benzene ring substituents is 1. The van der Waals surface area contributed by atoms with E-state index in [1.54, 1.807) is 59.5 Å². The quantitative estimate of drug-likeness (QED) is 0.183. The van der Waals surface area contributed by atoms with Gasteiger partial charge in [-0.3, -0.25) is 14.9 Å². The minimum atomic E-state index is -0.409. The third-order valence-electron chi connectivity index (χ3n) is 5.10. The maximum atomic E-state index is 12.8. The van der Waals surface area contributed by atoms with E-state index in [1.807, 2.05) is 0 Å². The van der Waals surface area contributed by atoms with Crippen molar-refractivity contribution in [1.29, 1.82) is 0 Å². The standard InChI is InChI=1S/C23H18Cl3N3O3S2/c24-16-3-1-15(2-4-16)23(30)27-9-11-28(12-10-27)34-22-14-18(29(31)32)6-8-20(22)33-21-13-17(25)5-7-19(21)26/h1-8,13-14H,9-12H2. The Morgan fingerprint density at radius 3 is 2.18 bits per heavy atom. The third kappa shape index (κ3) is 6.19. The number of nitro groups is 1. The van der Waals surface area contributed by atoms with Crippen molar-refractivity contribution >= 4 is 70.1 Å². The van der Waals surface area contributed by atoms with E-state index in [0.29, 0.717) is 46.8 Å². The van der Waals surface area contributed by atoms with Crippen LogP contribution in [0.3, 0.4) is 0 Å². The number of piperazine rings is 1. The largest absolute Gasteiger partial charge is 0.336 e. The van der Waals surface area contributed by atoms with E-state index in [4.69, 9.17) is 34.8 Å². The van der Waals surface area contributed by atoms with Gasteiger partial charge in [0.1, 0.15) is 0 Å². The number of rotatable bonds is 6. The number of hydrogen-bond acceptors (Lipinski definition) is 6. The molecular weight excluding hydrogens is 537 g/mol. The molecule has 0 unspecified atom stereocenters. The van der Waals surface area contributed by atoms with Gasteiger partial charge in [-0.1, -0.05) is 46.6 Å². The van der Waals surface area contributed by atoms with E-state index in [-0.39, 0.29) is 11.6 Å². The Bertz CT molecular complexity index is 1220. The van der Waals surface area contributed by atoms with Gasteiger partial charge >= 0.3 is 0 Å². The molecule has 0 spiro atoms. The van der Waals surface area contributed by atoms with Crippen LogP contribution in [0.25, 0.3) is 0 Å². The molecule has 4 rings (SSSR count). The summed E-state index contributed by atoms with van der Waals surface area (Å²) in [5.74, 6) is -0.0384. The molecule has 34 heavy (non-hydrogen) atoms. The van der Waals surface area contributed by atoms with Crippen LogP contribution in [0.4, 0.5) is 5.69 Å². The Morgan fingerprint density at radius 1 is 0.824 bits per heavy atom. The van der Waals surface area contributed by atoms with Crippen LogP contribution in [-0.2, 0) is 0 Å². The van der Waals surface area contributed by atoms with Gasteiger partial charge in [0, 0.05) is 68.6 Å². The zero-order valence-electron chi connectivity index (χ0n) is 17.6. The number of halogens is 3. The topological polar surface area (TPSA) is 66.7 Å². The number of nitrogens with zero attached hydrogens (tertiary/aromatic N) is 3. The van der Waals surface area contributed by atoms with Gasteiger partial charge in [-0.05, 0) is 60.5 Å². The molecule has 0 N–H and O–H groups in total. The fraction of sp³-hybridized carbons (Fsp3) is 0.174. The first kappa shape index (κ1) is 25.2. The van der Waals surface area contributed by atoms with Gasteiger partial charge in [0.05, 0.1) is 9.95 Å². The Labute approximate surface area is 220 Å². The van der Waals surface area contributed by atoms with Crippen LogP contribution in [0, 0.1) is 10.1 Å². The van der Waals surface area contributed by atoms with Crippen molar-refractivity contribution < 1.29 is 9.72 Å². The van der Waals surface area contributed by atoms with E-state index in [0.717, 1.165) is 14.7 Å². The molecule has 0 aliphatic carbocycles. The molecule has 1 aliphatic heterocycles. The second-order valence-corrected chi connectivity index (χ2v) is 10.9. The summed E-state index contributed by atoms with van der Waals surface area (Å²) in [6.07, 6.45) is 0. The molecule has 11 heteroatoms. The second-order valence-electron chi connectivity index (χ2n) is 7.38. The highest BCUT2D eigenvalue weighted by Gasteiger charge is 2.24. The highest BCUT2D eigenvalue weighted by Crippen LogP contribution is 2.42. The normalized spacial score (nSPS) is 14.3. The Kier molecular flexibility index (Phi) is 8.29. The molecule has 1 heterocycles. The summed E-state index contributed by atoms with van der Waals surface area (Å²) < 4.78 is 2.11. The van der Waals surface area contributed by atoms with Crippen molar-refractivity contribution in [3.05, 3.63) is 91.4 Å². The van der Waals surface area contributed by atoms with Crippen molar-refractivity contribution in [2.45, 2.75) is 14.7 Å². The lowest BCUT2D eigenvalue weighted by Gasteiger charge is -2.34. The molecular formula is C23H18Cl3N3O3S2. The third-order valence-corrected chi connectivity index (χ3v) is 8.45. The van der Waals surface area contributed by atoms with Crippen molar-refractivity contribution in [1.82, 2.24) is 9.21 Å². The Morgan fingerprint density at radius 2 is 1.50 bits per heavy atom. The zero-order valence-corrected chi connectivity index (χ0v) is 21.5. The lowest BCUT2D eigenvalue weighted by molar-refractivity contribution is -0.385. The van der Waals surface area contributed by atoms with Gasteiger partial charge in [-0.2, -0.15) is 0 Å². The molecule has 3 aromatic rings. The summed E-state index contributed by atoms with van der Waals surface area (Å²) in [7, 11) is 0. The van der Waals surface area contributed by atoms with Gasteiger partial charge in [0.2, 0.25) is 0 Å². The van der Waals surface area contributed by atoms with Crippen LogP contribution in [0.1, 0.15) is 10.4 Å². The molecule has 0 radical (unpaired) electrons. The molecule has 0 bridgehead atoms. The average Bonchev–Trinajstić information content (AvgIpc) is 2.83. The molecule has 1 fully saturated rings. The van der Waals surface area contributed by atoms with E-state index < -0.39 is 4.92 Å². The summed E-state index contributed by atoms with van der Waals surface area (Å²) in [5.41, 5.74) is 0.613. The van der Waals surface area contributed by atoms with E-state index in [9.17, 15) is 14.9 Å². The molecule has 3 aromatic carbocycles. The lowest BCUT2D eigenvalue weighted by Crippen LogP contribution is -2.46. The number of carbonyl (C=O) groups excluding carboxylic acids is 1. The summed E-state index contributed by atoms with van der Waals surface area (Å²) in [6, 6.07) is 16.8. The van der Waals surface area contributed by atoms with Crippen LogP contribution >= 0.6 is 58.5 Å². The van der Waals surface area contributed by atoms with Gasteiger partial charge in [-0.25, -0.2) is 4.31 Å². The van der Waals surface area contributed by atoms with Crippen LogP contribution in [0.2, 0.25) is 15.1 Å². The number of nitro benzene ring substituents is 1. The van der Waals surface area contributed by atoms with Crippen LogP contribution < -0.4 is 0 Å². The first-order valence-electron chi connectivity index (χ1n) is 10.2. The summed E-state index contributed by atoms with van der Waals surface area (Å²) in [5, 5.41) is 13.1. The Hall–Kier alpha value is -1.94. The molecule has 1 aliphatic rings. The SMILES string of the molecule is O=C(c1ccc(Cl)cc1)N1CCN(Sc2cc([N+](=O)[O-])ccc2Sc2cc(Cl)ccc2Cl)CC1. The summed E-state index contributed by atoms with van der Waals surface area (Å²) in [6.45, 7) is 2.33. The molecule has 0 atom stereocenters. The minimum Gasteiger partial charge on any atom is -0.336 e. The van der Waals surface area contributed by atoms with E-state index >= 15 is 0 Å². The van der Waals surface area contributed by atoms with Crippen LogP contribution in [-0.4, -0.2) is 46.2 Å². The molecule has 1 saturated heterocycles. The predicted molar refractivity (Wildman–Crippen MR) is 138 cm³/mol. The van der Waals surface area contributed by atoms with Crippen molar-refractivity contribution in [2.24, 2.45) is 0 Å². The van der Waals surface area contributed by atoms with Crippen LogP contribution in [0.15, 0.2) is 75.4 Å². The molecule has 0 aromatic heterocycles. The number of amides is 1. The van der Waals surface area contributed by atoms with Crippen molar-refractivity contribution in [3.63, 3.8) is 0 Å². The number of carbonyl (C=O) groups is 1. The first-order valence-corrected chi connectivity index (χ1v) is 12.9. The monoisotopic (exact) mass is 553 g/mol. The molecule has 6 nitrogen and oxygen atoms in total. The number of benzene rings is 3. The maximum absolute atomic E-state index is 12.8. The van der Waals surface area contributed by atoms with Gasteiger partial charge in [-0.15, -0.1) is 0 Å². The van der Waals surface area contributed by atoms with Crippen LogP contribution in [0.5, 0.6) is 0 Å². The van der Waals surface area contributed by atoms with Crippen molar-refractivity contribution in [3.8, 4) is 0 Å². The smallest absolute Gasteiger partial charge is 0.270 e. The molecule has 0 saturated carbocycles. The summed E-state index contributed by atoms with van der Waals surface area (Å²) in [4.78, 5) is 27.9. The van der Waals surface area contributed by atoms with Gasteiger partial charge in [0.15, 0.2) is 0 Å². The van der Waals surface area contributed by atoms with Gasteiger partial charge in [0.25, 0.3) is 11.6 Å². The first-order chi connectivity index (χ1) is 16.3. The average molecular weight is 555 g/mol. The van der Waals surface area contributed by atoms with E-state index in [2.05, 4.69) is 4.31 Å². The van der Waals surface area contributed by atoms with E-state index in [1.165, 1.54) is 29.8 Å². The van der Waals surface area contributed by atoms with Crippen molar-refractivity contribution in [2.75, 3.05) is 26.2 Å². The molecule has 176 valence electrons. The fourth-order valence-electron chi connectivity index (χ4n) is 3.34. The predicted octanol–water partition coefficient (Wildman–Crippen LogP) is 7.17. The molecule has 1 amide bonds. The Balaban J connectivity index is 1.48. The number of hydrogen-bond donors (Lipinski definition) is 0. The second kappa shape index (κ2) is 11.2. The van der Waals surface area contributed by atoms with Gasteiger partial charge < -0.3 is 4.90 Å². The summed E-state index contributed by atoms with van der Waals surface area (Å²) >= 11 is 21.2. The highest BCUT2D eigenvalue weighted by molar-refractivity contribution is 8.01. The highest BCUT2D eigenvalue weighted by atomic mass is 35.5. The minimum absolute atomic E-state index is 0.0144.